The summed E-state index contributed by atoms with van der Waals surface area (Å²) in [5.41, 5.74) is 3.54. The smallest absolute Gasteiger partial charge is 0.223 e. The van der Waals surface area contributed by atoms with Crippen LogP contribution in [0.1, 0.15) is 62.2 Å². The molecule has 2 aromatic carbocycles. The van der Waals surface area contributed by atoms with E-state index in [2.05, 4.69) is 17.2 Å². The molecule has 33 heavy (non-hydrogen) atoms. The molecule has 1 aliphatic heterocycles. The first-order valence-electron chi connectivity index (χ1n) is 11.7. The third-order valence-electron chi connectivity index (χ3n) is 6.44. The van der Waals surface area contributed by atoms with Crippen LogP contribution in [0.25, 0.3) is 11.3 Å². The molecule has 6 nitrogen and oxygen atoms in total. The van der Waals surface area contributed by atoms with Crippen molar-refractivity contribution in [2.45, 2.75) is 64.1 Å². The minimum Gasteiger partial charge on any atom is -0.391 e. The van der Waals surface area contributed by atoms with Gasteiger partial charge in [-0.05, 0) is 43.2 Å². The maximum absolute atomic E-state index is 13.3. The van der Waals surface area contributed by atoms with E-state index in [-0.39, 0.29) is 17.8 Å². The summed E-state index contributed by atoms with van der Waals surface area (Å²) in [7, 11) is 0. The molecule has 3 aromatic rings. The number of unbranched alkanes of at least 4 members (excludes halogenated alkanes) is 2. The Bertz CT molecular complexity index is 1060. The second-order valence-corrected chi connectivity index (χ2v) is 8.89. The highest BCUT2D eigenvalue weighted by molar-refractivity contribution is 5.77. The van der Waals surface area contributed by atoms with Gasteiger partial charge in [0, 0.05) is 24.9 Å². The summed E-state index contributed by atoms with van der Waals surface area (Å²) in [4.78, 5) is 15.1. The Morgan fingerprint density at radius 3 is 2.55 bits per heavy atom. The summed E-state index contributed by atoms with van der Waals surface area (Å²) >= 11 is 0. The number of hydrogen-bond acceptors (Lipinski definition) is 4. The Balaban J connectivity index is 1.58. The van der Waals surface area contributed by atoms with Crippen molar-refractivity contribution in [1.29, 1.82) is 0 Å². The number of nitrogens with zero attached hydrogens (tertiary/aromatic N) is 4. The number of rotatable bonds is 7. The highest BCUT2D eigenvalue weighted by atomic mass is 19.1. The van der Waals surface area contributed by atoms with Gasteiger partial charge in [0.1, 0.15) is 11.5 Å². The number of aromatic nitrogens is 3. The monoisotopic (exact) mass is 450 g/mol. The molecular formula is C26H31FN4O2. The maximum Gasteiger partial charge on any atom is 0.223 e. The Morgan fingerprint density at radius 2 is 1.85 bits per heavy atom. The van der Waals surface area contributed by atoms with Crippen LogP contribution in [0.15, 0.2) is 54.7 Å². The molecule has 1 aromatic heterocycles. The molecule has 3 atom stereocenters. The number of carbonyl (C=O) groups is 1. The molecule has 2 heterocycles. The van der Waals surface area contributed by atoms with Crippen molar-refractivity contribution in [2.75, 3.05) is 6.54 Å². The number of likely N-dealkylation sites (tertiary alicyclic amines) is 1. The first-order valence-corrected chi connectivity index (χ1v) is 11.7. The largest absolute Gasteiger partial charge is 0.391 e. The number of aliphatic hydroxyl groups excluding tert-OH is 1. The highest BCUT2D eigenvalue weighted by Gasteiger charge is 2.39. The number of benzene rings is 2. The van der Waals surface area contributed by atoms with Crippen molar-refractivity contribution in [1.82, 2.24) is 19.9 Å². The summed E-state index contributed by atoms with van der Waals surface area (Å²) in [6, 6.07) is 13.7. The summed E-state index contributed by atoms with van der Waals surface area (Å²) in [5, 5.41) is 19.5. The minimum atomic E-state index is -0.682. The van der Waals surface area contributed by atoms with Gasteiger partial charge in [-0.2, -0.15) is 0 Å². The summed E-state index contributed by atoms with van der Waals surface area (Å²) in [5.74, 6) is -0.210. The molecule has 1 fully saturated rings. The lowest BCUT2D eigenvalue weighted by Gasteiger charge is -2.42. The number of hydrogen-bond donors (Lipinski definition) is 1. The van der Waals surface area contributed by atoms with Crippen LogP contribution in [-0.4, -0.2) is 43.6 Å². The molecule has 1 aliphatic rings. The molecule has 4 rings (SSSR count). The molecule has 1 N–H and O–H groups in total. The SMILES string of the molecule is CCCCCC(=O)N1C[C@@H](n2cc(-c3ccc(F)cc3)nn2)[C@H](O)C[C@H]1c1ccc(C)cc1. The lowest BCUT2D eigenvalue weighted by atomic mass is 9.89. The molecule has 0 unspecified atom stereocenters. The number of aryl methyl sites for hydroxylation is 1. The predicted octanol–water partition coefficient (Wildman–Crippen LogP) is 4.85. The summed E-state index contributed by atoms with van der Waals surface area (Å²) in [6.07, 6.45) is 4.94. The van der Waals surface area contributed by atoms with E-state index < -0.39 is 12.1 Å². The molecule has 0 saturated carbocycles. The van der Waals surface area contributed by atoms with Crippen LogP contribution in [0, 0.1) is 12.7 Å². The van der Waals surface area contributed by atoms with Crippen molar-refractivity contribution in [3.05, 3.63) is 71.7 Å². The molecule has 1 saturated heterocycles. The van der Waals surface area contributed by atoms with Gasteiger partial charge in [-0.25, -0.2) is 9.07 Å². The molecule has 0 bridgehead atoms. The van der Waals surface area contributed by atoms with E-state index in [1.807, 2.05) is 36.1 Å². The summed E-state index contributed by atoms with van der Waals surface area (Å²) in [6.45, 7) is 4.51. The standard InChI is InChI=1S/C26H31FN4O2/c1-3-4-5-6-26(33)30-17-24(25(32)15-23(30)20-9-7-18(2)8-10-20)31-16-22(28-29-31)19-11-13-21(27)14-12-19/h7-14,16,23-25,32H,3-6,15,17H2,1-2H3/t23-,24+,25+/m0/s1. The fourth-order valence-electron chi connectivity index (χ4n) is 4.47. The second-order valence-electron chi connectivity index (χ2n) is 8.89. The van der Waals surface area contributed by atoms with Crippen LogP contribution < -0.4 is 0 Å². The van der Waals surface area contributed by atoms with Crippen molar-refractivity contribution in [2.24, 2.45) is 0 Å². The third kappa shape index (κ3) is 5.30. The van der Waals surface area contributed by atoms with Gasteiger partial charge in [0.05, 0.1) is 24.4 Å². The van der Waals surface area contributed by atoms with E-state index in [0.29, 0.717) is 25.1 Å². The molecular weight excluding hydrogens is 419 g/mol. The lowest BCUT2D eigenvalue weighted by Crippen LogP contribution is -2.48. The van der Waals surface area contributed by atoms with E-state index in [9.17, 15) is 14.3 Å². The van der Waals surface area contributed by atoms with Crippen molar-refractivity contribution >= 4 is 5.91 Å². The number of piperidine rings is 1. The van der Waals surface area contributed by atoms with Gasteiger partial charge in [0.2, 0.25) is 5.91 Å². The molecule has 0 radical (unpaired) electrons. The first kappa shape index (κ1) is 23.1. The molecule has 174 valence electrons. The highest BCUT2D eigenvalue weighted by Crippen LogP contribution is 2.36. The quantitative estimate of drug-likeness (QED) is 0.523. The van der Waals surface area contributed by atoms with E-state index >= 15 is 0 Å². The zero-order valence-electron chi connectivity index (χ0n) is 19.2. The van der Waals surface area contributed by atoms with E-state index in [0.717, 1.165) is 36.0 Å². The first-order chi connectivity index (χ1) is 16.0. The van der Waals surface area contributed by atoms with Crippen LogP contribution in [0.4, 0.5) is 4.39 Å². The van der Waals surface area contributed by atoms with E-state index in [1.54, 1.807) is 23.0 Å². The Kier molecular flexibility index (Phi) is 7.18. The van der Waals surface area contributed by atoms with Crippen molar-refractivity contribution in [3.63, 3.8) is 0 Å². The van der Waals surface area contributed by atoms with Crippen molar-refractivity contribution < 1.29 is 14.3 Å². The van der Waals surface area contributed by atoms with Crippen LogP contribution in [0.3, 0.4) is 0 Å². The van der Waals surface area contributed by atoms with Gasteiger partial charge >= 0.3 is 0 Å². The van der Waals surface area contributed by atoms with Gasteiger partial charge in [0.25, 0.3) is 0 Å². The lowest BCUT2D eigenvalue weighted by molar-refractivity contribution is -0.139. The topological polar surface area (TPSA) is 71.2 Å². The number of carbonyl (C=O) groups excluding carboxylic acids is 1. The molecule has 1 amide bonds. The maximum atomic E-state index is 13.3. The Labute approximate surface area is 194 Å². The van der Waals surface area contributed by atoms with Crippen LogP contribution in [0.2, 0.25) is 0 Å². The van der Waals surface area contributed by atoms with Gasteiger partial charge in [-0.1, -0.05) is 54.8 Å². The Morgan fingerprint density at radius 1 is 1.12 bits per heavy atom. The Hall–Kier alpha value is -3.06. The van der Waals surface area contributed by atoms with Crippen LogP contribution in [-0.2, 0) is 4.79 Å². The predicted molar refractivity (Wildman–Crippen MR) is 125 cm³/mol. The number of halogens is 1. The van der Waals surface area contributed by atoms with Crippen LogP contribution in [0.5, 0.6) is 0 Å². The minimum absolute atomic E-state index is 0.102. The number of amides is 1. The molecule has 0 aliphatic carbocycles. The van der Waals surface area contributed by atoms with E-state index in [4.69, 9.17) is 0 Å². The van der Waals surface area contributed by atoms with Crippen molar-refractivity contribution in [3.8, 4) is 11.3 Å². The average Bonchev–Trinajstić information content (AvgIpc) is 3.30. The van der Waals surface area contributed by atoms with Gasteiger partial charge in [-0.3, -0.25) is 4.79 Å². The fraction of sp³-hybridized carbons (Fsp3) is 0.423. The number of aliphatic hydroxyl groups is 1. The molecule has 7 heteroatoms. The summed E-state index contributed by atoms with van der Waals surface area (Å²) < 4.78 is 14.9. The average molecular weight is 451 g/mol. The second kappa shape index (κ2) is 10.3. The fourth-order valence-corrected chi connectivity index (χ4v) is 4.47. The van der Waals surface area contributed by atoms with Gasteiger partial charge < -0.3 is 10.0 Å². The normalized spacial score (nSPS) is 20.7. The zero-order valence-corrected chi connectivity index (χ0v) is 19.2. The van der Waals surface area contributed by atoms with Crippen LogP contribution >= 0.6 is 0 Å². The zero-order chi connectivity index (χ0) is 23.4. The third-order valence-corrected chi connectivity index (χ3v) is 6.44. The van der Waals surface area contributed by atoms with Gasteiger partial charge in [-0.15, -0.1) is 5.10 Å². The van der Waals surface area contributed by atoms with Gasteiger partial charge in [0.15, 0.2) is 0 Å². The van der Waals surface area contributed by atoms with E-state index in [1.165, 1.54) is 12.1 Å². The molecule has 0 spiro atoms.